The highest BCUT2D eigenvalue weighted by Crippen LogP contribution is 2.30. The van der Waals surface area contributed by atoms with E-state index in [0.29, 0.717) is 5.56 Å². The van der Waals surface area contributed by atoms with E-state index in [-0.39, 0.29) is 23.8 Å². The number of carboxylic acid groups (broad SMARTS) is 1. The monoisotopic (exact) mass is 327 g/mol. The first-order chi connectivity index (χ1) is 10.4. The van der Waals surface area contributed by atoms with Crippen LogP contribution >= 0.6 is 11.3 Å². The number of hydrogen-bond donors (Lipinski definition) is 1. The summed E-state index contributed by atoms with van der Waals surface area (Å²) in [6.07, 6.45) is 1.06. The van der Waals surface area contributed by atoms with Crippen LogP contribution in [0.3, 0.4) is 0 Å². The van der Waals surface area contributed by atoms with Crippen molar-refractivity contribution >= 4 is 40.5 Å². The molecule has 0 saturated carbocycles. The first-order valence-electron chi connectivity index (χ1n) is 6.61. The highest BCUT2D eigenvalue weighted by molar-refractivity contribution is 7.14. The van der Waals surface area contributed by atoms with Crippen LogP contribution < -0.4 is 0 Å². The SMILES string of the molecule is CCOC(=O)C(/C=N/c1scc(C)c1C(=O)O)C(=O)OCC. The number of hydrogen-bond acceptors (Lipinski definition) is 7. The van der Waals surface area contributed by atoms with Crippen LogP contribution in [0.2, 0.25) is 0 Å². The summed E-state index contributed by atoms with van der Waals surface area (Å²) in [6, 6.07) is 0. The third-order valence-electron chi connectivity index (χ3n) is 2.59. The van der Waals surface area contributed by atoms with Gasteiger partial charge in [-0.2, -0.15) is 0 Å². The molecule has 7 nitrogen and oxygen atoms in total. The number of thiophene rings is 1. The van der Waals surface area contributed by atoms with Crippen LogP contribution in [0.1, 0.15) is 29.8 Å². The van der Waals surface area contributed by atoms with Gasteiger partial charge < -0.3 is 14.6 Å². The van der Waals surface area contributed by atoms with Gasteiger partial charge in [0.15, 0.2) is 5.92 Å². The number of esters is 2. The summed E-state index contributed by atoms with van der Waals surface area (Å²) in [5.41, 5.74) is 0.612. The molecule has 8 heteroatoms. The van der Waals surface area contributed by atoms with Crippen LogP contribution in [-0.2, 0) is 19.1 Å². The lowest BCUT2D eigenvalue weighted by molar-refractivity contribution is -0.157. The summed E-state index contributed by atoms with van der Waals surface area (Å²) in [6.45, 7) is 5.10. The van der Waals surface area contributed by atoms with Crippen molar-refractivity contribution < 1.29 is 29.0 Å². The molecule has 22 heavy (non-hydrogen) atoms. The van der Waals surface area contributed by atoms with Crippen molar-refractivity contribution in [2.45, 2.75) is 20.8 Å². The van der Waals surface area contributed by atoms with Gasteiger partial charge in [0.05, 0.1) is 18.8 Å². The molecule has 0 aliphatic rings. The average Bonchev–Trinajstić information content (AvgIpc) is 2.81. The Morgan fingerprint density at radius 2 is 1.82 bits per heavy atom. The van der Waals surface area contributed by atoms with Crippen molar-refractivity contribution in [1.82, 2.24) is 0 Å². The fourth-order valence-corrected chi connectivity index (χ4v) is 2.50. The molecule has 0 fully saturated rings. The lowest BCUT2D eigenvalue weighted by Gasteiger charge is -2.09. The number of carbonyl (C=O) groups is 3. The molecule has 0 radical (unpaired) electrons. The molecule has 1 aromatic heterocycles. The average molecular weight is 327 g/mol. The highest BCUT2D eigenvalue weighted by Gasteiger charge is 2.28. The van der Waals surface area contributed by atoms with E-state index in [1.165, 1.54) is 0 Å². The third-order valence-corrected chi connectivity index (χ3v) is 3.60. The van der Waals surface area contributed by atoms with Gasteiger partial charge in [0.1, 0.15) is 5.00 Å². The predicted molar refractivity (Wildman–Crippen MR) is 80.9 cm³/mol. The maximum absolute atomic E-state index is 11.8. The van der Waals surface area contributed by atoms with E-state index in [1.807, 2.05) is 0 Å². The zero-order chi connectivity index (χ0) is 16.7. The molecular formula is C14H17NO6S. The first kappa shape index (κ1) is 17.8. The Labute approximate surface area is 131 Å². The van der Waals surface area contributed by atoms with Crippen molar-refractivity contribution in [2.75, 3.05) is 13.2 Å². The summed E-state index contributed by atoms with van der Waals surface area (Å²) < 4.78 is 9.60. The number of aromatic carboxylic acids is 1. The van der Waals surface area contributed by atoms with E-state index in [2.05, 4.69) is 4.99 Å². The van der Waals surface area contributed by atoms with E-state index in [1.54, 1.807) is 26.2 Å². The van der Waals surface area contributed by atoms with Gasteiger partial charge in [-0.15, -0.1) is 11.3 Å². The number of carboxylic acids is 1. The van der Waals surface area contributed by atoms with Crippen molar-refractivity contribution in [1.29, 1.82) is 0 Å². The van der Waals surface area contributed by atoms with Crippen LogP contribution in [-0.4, -0.2) is 42.4 Å². The molecule has 0 atom stereocenters. The third kappa shape index (κ3) is 4.39. The second-order valence-corrected chi connectivity index (χ2v) is 5.02. The topological polar surface area (TPSA) is 102 Å². The Kier molecular flexibility index (Phi) is 6.71. The fraction of sp³-hybridized carbons (Fsp3) is 0.429. The van der Waals surface area contributed by atoms with Crippen LogP contribution in [0.4, 0.5) is 5.00 Å². The molecule has 0 saturated heterocycles. The smallest absolute Gasteiger partial charge is 0.339 e. The minimum absolute atomic E-state index is 0.0488. The lowest BCUT2D eigenvalue weighted by Crippen LogP contribution is -2.29. The fourth-order valence-electron chi connectivity index (χ4n) is 1.61. The van der Waals surface area contributed by atoms with E-state index in [4.69, 9.17) is 14.6 Å². The Bertz CT molecular complexity index is 574. The molecule has 1 rings (SSSR count). The van der Waals surface area contributed by atoms with E-state index in [9.17, 15) is 14.4 Å². The molecule has 1 heterocycles. The second-order valence-electron chi connectivity index (χ2n) is 4.16. The van der Waals surface area contributed by atoms with Gasteiger partial charge in [-0.3, -0.25) is 9.59 Å². The number of nitrogens with zero attached hydrogens (tertiary/aromatic N) is 1. The van der Waals surface area contributed by atoms with Crippen molar-refractivity contribution in [2.24, 2.45) is 10.9 Å². The molecule has 0 aliphatic heterocycles. The molecular weight excluding hydrogens is 310 g/mol. The summed E-state index contributed by atoms with van der Waals surface area (Å²) >= 11 is 1.11. The standard InChI is InChI=1S/C14H17NO6S/c1-4-20-13(18)9(14(19)21-5-2)6-15-11-10(12(16)17)8(3)7-22-11/h6-7,9H,4-5H2,1-3H3,(H,16,17)/b15-6+. The van der Waals surface area contributed by atoms with Crippen LogP contribution in [0.15, 0.2) is 10.4 Å². The summed E-state index contributed by atoms with van der Waals surface area (Å²) in [5, 5.41) is 11.0. The maximum Gasteiger partial charge on any atom is 0.339 e. The van der Waals surface area contributed by atoms with E-state index < -0.39 is 23.8 Å². The molecule has 1 N–H and O–H groups in total. The van der Waals surface area contributed by atoms with E-state index >= 15 is 0 Å². The number of ether oxygens (including phenoxy) is 2. The zero-order valence-electron chi connectivity index (χ0n) is 12.5. The van der Waals surface area contributed by atoms with Crippen molar-refractivity contribution in [3.63, 3.8) is 0 Å². The van der Waals surface area contributed by atoms with Gasteiger partial charge in [0.25, 0.3) is 0 Å². The number of carbonyl (C=O) groups excluding carboxylic acids is 2. The number of aryl methyl sites for hydroxylation is 1. The van der Waals surface area contributed by atoms with Gasteiger partial charge >= 0.3 is 17.9 Å². The molecule has 0 amide bonds. The molecule has 0 spiro atoms. The molecule has 0 bridgehead atoms. The Morgan fingerprint density at radius 1 is 1.27 bits per heavy atom. The van der Waals surface area contributed by atoms with Gasteiger partial charge in [-0.1, -0.05) is 0 Å². The number of rotatable bonds is 7. The molecule has 0 aliphatic carbocycles. The molecule has 0 aromatic carbocycles. The van der Waals surface area contributed by atoms with Crippen LogP contribution in [0, 0.1) is 12.8 Å². The molecule has 1 aromatic rings. The van der Waals surface area contributed by atoms with Gasteiger partial charge in [-0.05, 0) is 31.7 Å². The van der Waals surface area contributed by atoms with Crippen molar-refractivity contribution in [3.8, 4) is 0 Å². The second kappa shape index (κ2) is 8.28. The first-order valence-corrected chi connectivity index (χ1v) is 7.49. The Morgan fingerprint density at radius 3 is 2.27 bits per heavy atom. The summed E-state index contributed by atoms with van der Waals surface area (Å²) in [4.78, 5) is 38.7. The lowest BCUT2D eigenvalue weighted by atomic mass is 10.1. The number of aliphatic imine (C=N–C) groups is 1. The maximum atomic E-state index is 11.8. The van der Waals surface area contributed by atoms with Gasteiger partial charge in [0, 0.05) is 6.21 Å². The Balaban J connectivity index is 3.05. The minimum Gasteiger partial charge on any atom is -0.478 e. The quantitative estimate of drug-likeness (QED) is 0.468. The van der Waals surface area contributed by atoms with Gasteiger partial charge in [0.2, 0.25) is 0 Å². The molecule has 120 valence electrons. The van der Waals surface area contributed by atoms with Gasteiger partial charge in [-0.25, -0.2) is 9.79 Å². The highest BCUT2D eigenvalue weighted by atomic mass is 32.1. The van der Waals surface area contributed by atoms with Crippen molar-refractivity contribution in [3.05, 3.63) is 16.5 Å². The largest absolute Gasteiger partial charge is 0.478 e. The summed E-state index contributed by atoms with van der Waals surface area (Å²) in [7, 11) is 0. The Hall–Kier alpha value is -2.22. The molecule has 0 unspecified atom stereocenters. The minimum atomic E-state index is -1.32. The van der Waals surface area contributed by atoms with Crippen LogP contribution in [0.5, 0.6) is 0 Å². The summed E-state index contributed by atoms with van der Waals surface area (Å²) in [5.74, 6) is -4.00. The van der Waals surface area contributed by atoms with Crippen LogP contribution in [0.25, 0.3) is 0 Å². The normalized spacial score (nSPS) is 10.9. The predicted octanol–water partition coefficient (Wildman–Crippen LogP) is 2.20. The zero-order valence-corrected chi connectivity index (χ0v) is 13.3. The van der Waals surface area contributed by atoms with E-state index in [0.717, 1.165) is 17.6 Å².